The molecule has 0 aliphatic carbocycles. The summed E-state index contributed by atoms with van der Waals surface area (Å²) < 4.78 is 25.2. The van der Waals surface area contributed by atoms with Crippen LogP contribution in [0.1, 0.15) is 5.56 Å². The molecule has 54 valence electrons. The van der Waals surface area contributed by atoms with Gasteiger partial charge in [0.05, 0.1) is 4.90 Å². The van der Waals surface area contributed by atoms with Crippen LogP contribution < -0.4 is 0 Å². The molecule has 4 heteroatoms. The van der Waals surface area contributed by atoms with E-state index in [1.165, 1.54) is 6.07 Å². The third kappa shape index (κ3) is 0.867. The molecule has 0 bridgehead atoms. The summed E-state index contributed by atoms with van der Waals surface area (Å²) in [5, 5.41) is 0. The lowest BCUT2D eigenvalue weighted by Gasteiger charge is -1.91. The quantitative estimate of drug-likeness (QED) is 0.561. The van der Waals surface area contributed by atoms with Crippen molar-refractivity contribution in [2.45, 2.75) is 4.90 Å². The predicted octanol–water partition coefficient (Wildman–Crippen LogP) is 0.485. The highest BCUT2D eigenvalue weighted by Crippen LogP contribution is 2.20. The number of nitrogens with zero attached hydrogens (tertiary/aromatic N) is 1. The van der Waals surface area contributed by atoms with Crippen LogP contribution in [0.25, 0.3) is 0 Å². The first-order valence-corrected chi connectivity index (χ1v) is 4.37. The molecular formula is C7H3NO2S. The van der Waals surface area contributed by atoms with E-state index in [1.807, 2.05) is 0 Å². The van der Waals surface area contributed by atoms with Crippen LogP contribution in [0.3, 0.4) is 0 Å². The summed E-state index contributed by atoms with van der Waals surface area (Å²) in [6.45, 7) is 0. The van der Waals surface area contributed by atoms with Gasteiger partial charge in [-0.05, 0) is 12.1 Å². The lowest BCUT2D eigenvalue weighted by atomic mass is 10.2. The Morgan fingerprint density at radius 2 is 2.27 bits per heavy atom. The van der Waals surface area contributed by atoms with Gasteiger partial charge in [0.1, 0.15) is 6.21 Å². The van der Waals surface area contributed by atoms with Gasteiger partial charge in [-0.15, -0.1) is 0 Å². The number of hydrogen-bond acceptors (Lipinski definition) is 2. The monoisotopic (exact) mass is 165 g/mol. The molecule has 1 aliphatic rings. The summed E-state index contributed by atoms with van der Waals surface area (Å²) in [5.41, 5.74) is 0.517. The van der Waals surface area contributed by atoms with E-state index in [0.29, 0.717) is 5.56 Å². The molecule has 0 saturated carbocycles. The highest BCUT2D eigenvalue weighted by Gasteiger charge is 2.21. The van der Waals surface area contributed by atoms with Crippen molar-refractivity contribution < 1.29 is 8.42 Å². The van der Waals surface area contributed by atoms with Crippen LogP contribution in [0.5, 0.6) is 0 Å². The summed E-state index contributed by atoms with van der Waals surface area (Å²) >= 11 is 0. The molecule has 0 atom stereocenters. The van der Waals surface area contributed by atoms with Crippen LogP contribution in [0.15, 0.2) is 27.5 Å². The van der Waals surface area contributed by atoms with E-state index < -0.39 is 10.0 Å². The van der Waals surface area contributed by atoms with E-state index in [4.69, 9.17) is 0 Å². The summed E-state index contributed by atoms with van der Waals surface area (Å²) in [5.74, 6) is 0. The van der Waals surface area contributed by atoms with E-state index in [2.05, 4.69) is 16.7 Å². The van der Waals surface area contributed by atoms with Crippen LogP contribution in [0, 0.1) is 6.07 Å². The fraction of sp³-hybridized carbons (Fsp3) is 0. The Hall–Kier alpha value is -1.16. The van der Waals surface area contributed by atoms with Gasteiger partial charge in [-0.2, -0.15) is 12.8 Å². The summed E-state index contributed by atoms with van der Waals surface area (Å²) in [6.07, 6.45) is 2.41. The Morgan fingerprint density at radius 3 is 3.00 bits per heavy atom. The Bertz CT molecular complexity index is 420. The average molecular weight is 165 g/mol. The maximum absolute atomic E-state index is 11.0. The molecule has 1 heterocycles. The molecule has 11 heavy (non-hydrogen) atoms. The zero-order chi connectivity index (χ0) is 7.90. The minimum absolute atomic E-state index is 0.194. The van der Waals surface area contributed by atoms with Crippen LogP contribution in [-0.2, 0) is 10.0 Å². The molecule has 1 aliphatic heterocycles. The molecule has 1 aromatic carbocycles. The minimum Gasteiger partial charge on any atom is -0.199 e. The van der Waals surface area contributed by atoms with Gasteiger partial charge in [0.25, 0.3) is 10.0 Å². The van der Waals surface area contributed by atoms with Crippen LogP contribution in [0.2, 0.25) is 0 Å². The number of hydrogen-bond donors (Lipinski definition) is 0. The highest BCUT2D eigenvalue weighted by molar-refractivity contribution is 7.90. The lowest BCUT2D eigenvalue weighted by Crippen LogP contribution is -1.91. The maximum Gasteiger partial charge on any atom is 0.283 e. The molecule has 2 radical (unpaired) electrons. The van der Waals surface area contributed by atoms with Gasteiger partial charge in [-0.3, -0.25) is 0 Å². The van der Waals surface area contributed by atoms with E-state index in [9.17, 15) is 8.42 Å². The van der Waals surface area contributed by atoms with Crippen molar-refractivity contribution in [3.8, 4) is 0 Å². The lowest BCUT2D eigenvalue weighted by molar-refractivity contribution is 0.599. The second-order valence-electron chi connectivity index (χ2n) is 2.10. The normalized spacial score (nSPS) is 18.2. The largest absolute Gasteiger partial charge is 0.283 e. The van der Waals surface area contributed by atoms with Crippen molar-refractivity contribution in [3.63, 3.8) is 0 Å². The molecule has 2 rings (SSSR count). The Labute approximate surface area is 64.4 Å². The fourth-order valence-electron chi connectivity index (χ4n) is 0.879. The zero-order valence-corrected chi connectivity index (χ0v) is 6.22. The predicted molar refractivity (Wildman–Crippen MR) is 39.0 cm³/mol. The van der Waals surface area contributed by atoms with Crippen molar-refractivity contribution in [1.82, 2.24) is 0 Å². The number of sulfonamides is 1. The third-order valence-corrected chi connectivity index (χ3v) is 2.62. The van der Waals surface area contributed by atoms with Gasteiger partial charge < -0.3 is 0 Å². The summed E-state index contributed by atoms with van der Waals surface area (Å²) in [6, 6.07) is 7.31. The van der Waals surface area contributed by atoms with Crippen molar-refractivity contribution in [2.24, 2.45) is 4.40 Å². The van der Waals surface area contributed by atoms with Gasteiger partial charge in [0, 0.05) is 5.56 Å². The molecule has 1 aromatic rings. The number of benzene rings is 1. The molecule has 0 amide bonds. The van der Waals surface area contributed by atoms with Gasteiger partial charge in [-0.25, -0.2) is 0 Å². The van der Waals surface area contributed by atoms with E-state index in [-0.39, 0.29) is 4.90 Å². The molecule has 3 nitrogen and oxygen atoms in total. The van der Waals surface area contributed by atoms with Gasteiger partial charge in [-0.1, -0.05) is 12.1 Å². The first-order valence-electron chi connectivity index (χ1n) is 2.93. The van der Waals surface area contributed by atoms with Crippen molar-refractivity contribution in [2.75, 3.05) is 0 Å². The zero-order valence-electron chi connectivity index (χ0n) is 5.40. The molecule has 0 saturated heterocycles. The van der Waals surface area contributed by atoms with Crippen molar-refractivity contribution in [1.29, 1.82) is 0 Å². The summed E-state index contributed by atoms with van der Waals surface area (Å²) in [7, 11) is -3.42. The second kappa shape index (κ2) is 1.92. The van der Waals surface area contributed by atoms with E-state index >= 15 is 0 Å². The third-order valence-electron chi connectivity index (χ3n) is 1.39. The van der Waals surface area contributed by atoms with E-state index in [0.717, 1.165) is 0 Å². The summed E-state index contributed by atoms with van der Waals surface area (Å²) in [4.78, 5) is 0.194. The molecular weight excluding hydrogens is 162 g/mol. The van der Waals surface area contributed by atoms with E-state index in [1.54, 1.807) is 12.1 Å². The second-order valence-corrected chi connectivity index (χ2v) is 3.67. The molecule has 0 fully saturated rings. The Morgan fingerprint density at radius 1 is 1.45 bits per heavy atom. The molecule has 0 N–H and O–H groups in total. The van der Waals surface area contributed by atoms with Gasteiger partial charge >= 0.3 is 0 Å². The minimum atomic E-state index is -3.42. The molecule has 0 spiro atoms. The molecule has 0 unspecified atom stereocenters. The fourth-order valence-corrected chi connectivity index (χ4v) is 1.80. The first kappa shape index (κ1) is 6.54. The Kier molecular flexibility index (Phi) is 1.14. The van der Waals surface area contributed by atoms with Crippen LogP contribution >= 0.6 is 0 Å². The van der Waals surface area contributed by atoms with Crippen LogP contribution in [-0.4, -0.2) is 14.6 Å². The van der Waals surface area contributed by atoms with Crippen molar-refractivity contribution >= 4 is 16.2 Å². The SMILES string of the molecule is O=S1(=O)N=[C]c2cc[c]cc21. The van der Waals surface area contributed by atoms with Crippen LogP contribution in [0.4, 0.5) is 0 Å². The molecule has 0 aromatic heterocycles. The topological polar surface area (TPSA) is 46.5 Å². The number of rotatable bonds is 0. The first-order chi connectivity index (χ1) is 5.20. The maximum atomic E-state index is 11.0. The average Bonchev–Trinajstić information content (AvgIpc) is 2.29. The Balaban J connectivity index is 2.84. The highest BCUT2D eigenvalue weighted by atomic mass is 32.2. The standard InChI is InChI=1S/C7H3NO2S/c9-11(10)7-4-2-1-3-6(7)5-8-11/h1,3-4H. The number of fused-ring (bicyclic) bond motifs is 1. The van der Waals surface area contributed by atoms with Crippen molar-refractivity contribution in [3.05, 3.63) is 29.8 Å². The smallest absolute Gasteiger partial charge is 0.199 e. The van der Waals surface area contributed by atoms with Gasteiger partial charge in [0.2, 0.25) is 0 Å². The van der Waals surface area contributed by atoms with Gasteiger partial charge in [0.15, 0.2) is 0 Å².